The largest absolute Gasteiger partial charge is 0.388 e. The number of aryl methyl sites for hydroxylation is 1. The van der Waals surface area contributed by atoms with E-state index in [1.165, 1.54) is 5.56 Å². The summed E-state index contributed by atoms with van der Waals surface area (Å²) in [6, 6.07) is 8.05. The second-order valence-electron chi connectivity index (χ2n) is 6.51. The third-order valence-corrected chi connectivity index (χ3v) is 5.33. The molecular weight excluding hydrogens is 282 g/mol. The van der Waals surface area contributed by atoms with Gasteiger partial charge in [-0.1, -0.05) is 29.8 Å². The van der Waals surface area contributed by atoms with Gasteiger partial charge in [0.1, 0.15) is 0 Å². The first-order valence-electron chi connectivity index (χ1n) is 7.49. The van der Waals surface area contributed by atoms with Crippen molar-refractivity contribution in [2.75, 3.05) is 18.1 Å². The zero-order chi connectivity index (χ0) is 15.5. The monoisotopic (exact) mass is 307 g/mol. The average Bonchev–Trinajstić information content (AvgIpc) is 2.46. The normalized spacial score (nSPS) is 18.3. The summed E-state index contributed by atoms with van der Waals surface area (Å²) in [5.74, 6) is 1.90. The van der Waals surface area contributed by atoms with Crippen LogP contribution in [-0.2, 0) is 10.2 Å². The van der Waals surface area contributed by atoms with Crippen molar-refractivity contribution in [3.8, 4) is 0 Å². The van der Waals surface area contributed by atoms with Gasteiger partial charge >= 0.3 is 0 Å². The van der Waals surface area contributed by atoms with E-state index < -0.39 is 11.0 Å². The van der Waals surface area contributed by atoms with E-state index in [9.17, 15) is 9.90 Å². The minimum atomic E-state index is -0.732. The van der Waals surface area contributed by atoms with E-state index in [1.807, 2.05) is 56.8 Å². The van der Waals surface area contributed by atoms with Gasteiger partial charge in [0.05, 0.1) is 11.0 Å². The first-order valence-corrected chi connectivity index (χ1v) is 8.65. The average molecular weight is 307 g/mol. The molecular formula is C17H25NO2S. The summed E-state index contributed by atoms with van der Waals surface area (Å²) in [7, 11) is 0. The molecule has 116 valence electrons. The van der Waals surface area contributed by atoms with Crippen molar-refractivity contribution < 1.29 is 9.90 Å². The summed E-state index contributed by atoms with van der Waals surface area (Å²) in [4.78, 5) is 12.5. The highest BCUT2D eigenvalue weighted by molar-refractivity contribution is 7.99. The molecule has 0 unspecified atom stereocenters. The number of rotatable bonds is 4. The van der Waals surface area contributed by atoms with E-state index in [-0.39, 0.29) is 5.91 Å². The van der Waals surface area contributed by atoms with Crippen LogP contribution in [-0.4, -0.2) is 34.7 Å². The fraction of sp³-hybridized carbons (Fsp3) is 0.588. The predicted octanol–water partition coefficient (Wildman–Crippen LogP) is 2.65. The van der Waals surface area contributed by atoms with Crippen LogP contribution in [0.3, 0.4) is 0 Å². The number of carbonyl (C=O) groups is 1. The Hall–Kier alpha value is -1.00. The SMILES string of the molecule is Cc1ccc(C(C)(C)C(=O)NCC2(O)CCSCC2)cc1. The molecule has 0 saturated carbocycles. The molecule has 1 heterocycles. The van der Waals surface area contributed by atoms with Gasteiger partial charge < -0.3 is 10.4 Å². The predicted molar refractivity (Wildman–Crippen MR) is 88.7 cm³/mol. The Labute approximate surface area is 131 Å². The Balaban J connectivity index is 1.99. The van der Waals surface area contributed by atoms with Gasteiger partial charge in [-0.25, -0.2) is 0 Å². The zero-order valence-electron chi connectivity index (χ0n) is 13.1. The van der Waals surface area contributed by atoms with E-state index in [1.54, 1.807) is 0 Å². The van der Waals surface area contributed by atoms with Gasteiger partial charge in [-0.05, 0) is 50.7 Å². The lowest BCUT2D eigenvalue weighted by molar-refractivity contribution is -0.127. The molecule has 0 aliphatic carbocycles. The fourth-order valence-corrected chi connectivity index (χ4v) is 3.75. The van der Waals surface area contributed by atoms with Gasteiger partial charge in [0.2, 0.25) is 5.91 Å². The summed E-state index contributed by atoms with van der Waals surface area (Å²) >= 11 is 1.86. The maximum Gasteiger partial charge on any atom is 0.230 e. The van der Waals surface area contributed by atoms with Crippen LogP contribution < -0.4 is 5.32 Å². The smallest absolute Gasteiger partial charge is 0.230 e. The maximum absolute atomic E-state index is 12.5. The van der Waals surface area contributed by atoms with Crippen molar-refractivity contribution >= 4 is 17.7 Å². The highest BCUT2D eigenvalue weighted by Crippen LogP contribution is 2.27. The van der Waals surface area contributed by atoms with Crippen LogP contribution in [0.25, 0.3) is 0 Å². The molecule has 0 radical (unpaired) electrons. The molecule has 1 aromatic carbocycles. The molecule has 4 heteroatoms. The van der Waals surface area contributed by atoms with E-state index in [2.05, 4.69) is 5.32 Å². The minimum absolute atomic E-state index is 0.0296. The topological polar surface area (TPSA) is 49.3 Å². The lowest BCUT2D eigenvalue weighted by Gasteiger charge is -2.33. The number of aliphatic hydroxyl groups is 1. The molecule has 1 aliphatic heterocycles. The third kappa shape index (κ3) is 4.01. The molecule has 1 fully saturated rings. The molecule has 3 nitrogen and oxygen atoms in total. The Morgan fingerprint density at radius 1 is 1.29 bits per heavy atom. The number of hydrogen-bond acceptors (Lipinski definition) is 3. The number of amides is 1. The molecule has 1 aliphatic rings. The molecule has 1 amide bonds. The van der Waals surface area contributed by atoms with Crippen molar-refractivity contribution in [3.05, 3.63) is 35.4 Å². The Kier molecular flexibility index (Phi) is 4.99. The van der Waals surface area contributed by atoms with E-state index >= 15 is 0 Å². The van der Waals surface area contributed by atoms with Crippen LogP contribution in [0.5, 0.6) is 0 Å². The summed E-state index contributed by atoms with van der Waals surface area (Å²) in [5.41, 5.74) is 0.860. The van der Waals surface area contributed by atoms with Crippen LogP contribution in [0, 0.1) is 6.92 Å². The Morgan fingerprint density at radius 3 is 2.43 bits per heavy atom. The maximum atomic E-state index is 12.5. The lowest BCUT2D eigenvalue weighted by Crippen LogP contribution is -2.49. The van der Waals surface area contributed by atoms with Crippen molar-refractivity contribution in [1.82, 2.24) is 5.32 Å². The fourth-order valence-electron chi connectivity index (χ4n) is 2.50. The van der Waals surface area contributed by atoms with Gasteiger partial charge in [0, 0.05) is 6.54 Å². The molecule has 1 saturated heterocycles. The second-order valence-corrected chi connectivity index (χ2v) is 7.74. The van der Waals surface area contributed by atoms with E-state index in [0.717, 1.165) is 29.9 Å². The molecule has 0 aromatic heterocycles. The van der Waals surface area contributed by atoms with Gasteiger partial charge in [-0.2, -0.15) is 11.8 Å². The number of nitrogens with one attached hydrogen (secondary N) is 1. The number of carbonyl (C=O) groups excluding carboxylic acids is 1. The third-order valence-electron chi connectivity index (χ3n) is 4.34. The quantitative estimate of drug-likeness (QED) is 0.899. The van der Waals surface area contributed by atoms with Crippen molar-refractivity contribution in [3.63, 3.8) is 0 Å². The number of benzene rings is 1. The number of thioether (sulfide) groups is 1. The summed E-state index contributed by atoms with van der Waals surface area (Å²) in [6.45, 7) is 6.23. The molecule has 2 rings (SSSR count). The zero-order valence-corrected chi connectivity index (χ0v) is 13.9. The van der Waals surface area contributed by atoms with Gasteiger partial charge in [0.15, 0.2) is 0 Å². The Morgan fingerprint density at radius 2 is 1.86 bits per heavy atom. The van der Waals surface area contributed by atoms with Gasteiger partial charge in [-0.15, -0.1) is 0 Å². The van der Waals surface area contributed by atoms with Gasteiger partial charge in [-0.3, -0.25) is 4.79 Å². The van der Waals surface area contributed by atoms with Crippen molar-refractivity contribution in [2.45, 2.75) is 44.6 Å². The summed E-state index contributed by atoms with van der Waals surface area (Å²) < 4.78 is 0. The molecule has 21 heavy (non-hydrogen) atoms. The molecule has 2 N–H and O–H groups in total. The van der Waals surface area contributed by atoms with Gasteiger partial charge in [0.25, 0.3) is 0 Å². The van der Waals surface area contributed by atoms with Crippen LogP contribution in [0.4, 0.5) is 0 Å². The molecule has 0 atom stereocenters. The van der Waals surface area contributed by atoms with E-state index in [4.69, 9.17) is 0 Å². The molecule has 0 spiro atoms. The minimum Gasteiger partial charge on any atom is -0.388 e. The van der Waals surface area contributed by atoms with Crippen molar-refractivity contribution in [2.24, 2.45) is 0 Å². The van der Waals surface area contributed by atoms with Crippen LogP contribution in [0.2, 0.25) is 0 Å². The first kappa shape index (κ1) is 16.4. The summed E-state index contributed by atoms with van der Waals surface area (Å²) in [6.07, 6.45) is 1.51. The standard InChI is InChI=1S/C17H25NO2S/c1-13-4-6-14(7-5-13)16(2,3)15(19)18-12-17(20)8-10-21-11-9-17/h4-7,20H,8-12H2,1-3H3,(H,18,19). The van der Waals surface area contributed by atoms with E-state index in [0.29, 0.717) is 6.54 Å². The Bertz CT molecular complexity index is 490. The molecule has 1 aromatic rings. The summed E-state index contributed by atoms with van der Waals surface area (Å²) in [5, 5.41) is 13.4. The molecule has 0 bridgehead atoms. The van der Waals surface area contributed by atoms with Crippen LogP contribution >= 0.6 is 11.8 Å². The van der Waals surface area contributed by atoms with Crippen molar-refractivity contribution in [1.29, 1.82) is 0 Å². The second kappa shape index (κ2) is 6.41. The van der Waals surface area contributed by atoms with Crippen LogP contribution in [0.15, 0.2) is 24.3 Å². The highest BCUT2D eigenvalue weighted by atomic mass is 32.2. The lowest BCUT2D eigenvalue weighted by atomic mass is 9.83. The highest BCUT2D eigenvalue weighted by Gasteiger charge is 2.34. The first-order chi connectivity index (χ1) is 9.83. The number of hydrogen-bond donors (Lipinski definition) is 2. The van der Waals surface area contributed by atoms with Crippen LogP contribution in [0.1, 0.15) is 37.8 Å².